The van der Waals surface area contributed by atoms with Gasteiger partial charge in [0.05, 0.1) is 0 Å². The van der Waals surface area contributed by atoms with Crippen LogP contribution in [0.2, 0.25) is 0 Å². The Hall–Kier alpha value is -0.120. The molecule has 0 aromatic heterocycles. The van der Waals surface area contributed by atoms with Gasteiger partial charge in [-0.2, -0.15) is 0 Å². The van der Waals surface area contributed by atoms with Crippen molar-refractivity contribution in [2.45, 2.75) is 57.5 Å². The molecule has 3 aliphatic rings. The van der Waals surface area contributed by atoms with Gasteiger partial charge in [-0.05, 0) is 70.6 Å². The highest BCUT2D eigenvalue weighted by Crippen LogP contribution is 2.29. The van der Waals surface area contributed by atoms with Crippen molar-refractivity contribution in [2.24, 2.45) is 5.92 Å². The molecule has 0 aromatic rings. The quantitative estimate of drug-likeness (QED) is 0.841. The van der Waals surface area contributed by atoms with Gasteiger partial charge in [0.2, 0.25) is 0 Å². The molecule has 0 aliphatic carbocycles. The highest BCUT2D eigenvalue weighted by Gasteiger charge is 2.37. The van der Waals surface area contributed by atoms with E-state index < -0.39 is 0 Å². The van der Waals surface area contributed by atoms with E-state index in [4.69, 9.17) is 0 Å². The zero-order valence-corrected chi connectivity index (χ0v) is 12.6. The van der Waals surface area contributed by atoms with Gasteiger partial charge in [0.25, 0.3) is 0 Å². The van der Waals surface area contributed by atoms with Crippen LogP contribution in [-0.2, 0) is 0 Å². The lowest BCUT2D eigenvalue weighted by Gasteiger charge is -2.27. The largest absolute Gasteiger partial charge is 0.312 e. The van der Waals surface area contributed by atoms with Gasteiger partial charge >= 0.3 is 0 Å². The second-order valence-corrected chi connectivity index (χ2v) is 6.84. The molecular formula is C16H31N3. The van der Waals surface area contributed by atoms with Crippen molar-refractivity contribution < 1.29 is 0 Å². The molecule has 3 heterocycles. The van der Waals surface area contributed by atoms with Crippen LogP contribution >= 0.6 is 0 Å². The molecule has 0 saturated carbocycles. The van der Waals surface area contributed by atoms with Crippen LogP contribution < -0.4 is 5.32 Å². The highest BCUT2D eigenvalue weighted by atomic mass is 15.2. The van der Waals surface area contributed by atoms with Crippen LogP contribution in [0.1, 0.15) is 45.4 Å². The average molecular weight is 265 g/mol. The molecule has 1 unspecified atom stereocenters. The van der Waals surface area contributed by atoms with E-state index in [9.17, 15) is 0 Å². The summed E-state index contributed by atoms with van der Waals surface area (Å²) >= 11 is 0. The molecule has 0 aromatic carbocycles. The van der Waals surface area contributed by atoms with Crippen LogP contribution in [0.15, 0.2) is 0 Å². The maximum Gasteiger partial charge on any atom is 0.0235 e. The summed E-state index contributed by atoms with van der Waals surface area (Å²) in [6.45, 7) is 10.2. The summed E-state index contributed by atoms with van der Waals surface area (Å²) in [6, 6.07) is 1.68. The fraction of sp³-hybridized carbons (Fsp3) is 1.00. The van der Waals surface area contributed by atoms with Crippen molar-refractivity contribution in [2.75, 3.05) is 39.3 Å². The minimum absolute atomic E-state index is 0.809. The molecule has 0 bridgehead atoms. The van der Waals surface area contributed by atoms with Crippen molar-refractivity contribution in [3.8, 4) is 0 Å². The molecule has 3 heteroatoms. The average Bonchev–Trinajstić information content (AvgIpc) is 2.72. The summed E-state index contributed by atoms with van der Waals surface area (Å²) in [6.07, 6.45) is 8.40. The van der Waals surface area contributed by atoms with Crippen LogP contribution in [0, 0.1) is 5.92 Å². The third-order valence-electron chi connectivity index (χ3n) is 5.47. The molecule has 1 N–H and O–H groups in total. The minimum atomic E-state index is 0.809. The fourth-order valence-electron chi connectivity index (χ4n) is 4.42. The van der Waals surface area contributed by atoms with Gasteiger partial charge in [-0.25, -0.2) is 0 Å². The van der Waals surface area contributed by atoms with E-state index >= 15 is 0 Å². The van der Waals surface area contributed by atoms with E-state index in [0.29, 0.717) is 0 Å². The molecule has 110 valence electrons. The number of piperidine rings is 1. The van der Waals surface area contributed by atoms with Gasteiger partial charge in [-0.15, -0.1) is 0 Å². The number of nitrogens with one attached hydrogen (secondary N) is 1. The summed E-state index contributed by atoms with van der Waals surface area (Å²) in [4.78, 5) is 5.50. The highest BCUT2D eigenvalue weighted by molar-refractivity contribution is 4.94. The molecule has 3 atom stereocenters. The second-order valence-electron chi connectivity index (χ2n) is 6.84. The maximum atomic E-state index is 3.74. The summed E-state index contributed by atoms with van der Waals surface area (Å²) in [5.41, 5.74) is 0. The molecule has 3 saturated heterocycles. The van der Waals surface area contributed by atoms with Crippen LogP contribution in [-0.4, -0.2) is 61.2 Å². The number of nitrogens with zero attached hydrogens (tertiary/aromatic N) is 2. The lowest BCUT2D eigenvalue weighted by atomic mass is 9.94. The van der Waals surface area contributed by atoms with Gasteiger partial charge in [-0.3, -0.25) is 4.90 Å². The molecule has 3 nitrogen and oxygen atoms in total. The normalized spacial score (nSPS) is 38.1. The summed E-state index contributed by atoms with van der Waals surface area (Å²) in [5.74, 6) is 0.948. The van der Waals surface area contributed by atoms with Crippen molar-refractivity contribution in [3.05, 3.63) is 0 Å². The SMILES string of the molecule is CCCN1CCCC(N2C[C@@H]3CCCN[C@@H]3C2)CC1. The number of hydrogen-bond donors (Lipinski definition) is 1. The lowest BCUT2D eigenvalue weighted by molar-refractivity contribution is 0.206. The Morgan fingerprint density at radius 1 is 1.05 bits per heavy atom. The molecular weight excluding hydrogens is 234 g/mol. The van der Waals surface area contributed by atoms with Crippen LogP contribution in [0.3, 0.4) is 0 Å². The predicted molar refractivity (Wildman–Crippen MR) is 80.5 cm³/mol. The van der Waals surface area contributed by atoms with E-state index in [1.807, 2.05) is 0 Å². The Labute approximate surface area is 118 Å². The molecule has 0 amide bonds. The topological polar surface area (TPSA) is 18.5 Å². The zero-order valence-electron chi connectivity index (χ0n) is 12.6. The summed E-state index contributed by atoms with van der Waals surface area (Å²) in [7, 11) is 0. The number of rotatable bonds is 3. The zero-order chi connectivity index (χ0) is 13.1. The summed E-state index contributed by atoms with van der Waals surface area (Å²) in [5, 5.41) is 3.74. The fourth-order valence-corrected chi connectivity index (χ4v) is 4.42. The van der Waals surface area contributed by atoms with E-state index in [2.05, 4.69) is 22.0 Å². The molecule has 3 rings (SSSR count). The molecule has 0 radical (unpaired) electrons. The monoisotopic (exact) mass is 265 g/mol. The Balaban J connectivity index is 1.52. The van der Waals surface area contributed by atoms with E-state index in [0.717, 1.165) is 18.0 Å². The second kappa shape index (κ2) is 6.55. The number of likely N-dealkylation sites (tertiary alicyclic amines) is 2. The predicted octanol–water partition coefficient (Wildman–Crippen LogP) is 1.93. The first kappa shape index (κ1) is 13.8. The molecule has 0 spiro atoms. The maximum absolute atomic E-state index is 3.74. The van der Waals surface area contributed by atoms with Gasteiger partial charge in [0.1, 0.15) is 0 Å². The van der Waals surface area contributed by atoms with Crippen molar-refractivity contribution >= 4 is 0 Å². The molecule has 19 heavy (non-hydrogen) atoms. The molecule has 3 aliphatic heterocycles. The van der Waals surface area contributed by atoms with E-state index in [1.54, 1.807) is 0 Å². The first-order valence-electron chi connectivity index (χ1n) is 8.56. The Kier molecular flexibility index (Phi) is 4.78. The third-order valence-corrected chi connectivity index (χ3v) is 5.47. The van der Waals surface area contributed by atoms with Crippen molar-refractivity contribution in [1.29, 1.82) is 0 Å². The van der Waals surface area contributed by atoms with Crippen molar-refractivity contribution in [1.82, 2.24) is 15.1 Å². The van der Waals surface area contributed by atoms with Gasteiger partial charge in [0.15, 0.2) is 0 Å². The van der Waals surface area contributed by atoms with Crippen LogP contribution in [0.4, 0.5) is 0 Å². The van der Waals surface area contributed by atoms with E-state index in [1.165, 1.54) is 77.8 Å². The number of fused-ring (bicyclic) bond motifs is 1. The minimum Gasteiger partial charge on any atom is -0.312 e. The summed E-state index contributed by atoms with van der Waals surface area (Å²) < 4.78 is 0. The van der Waals surface area contributed by atoms with Crippen LogP contribution in [0.25, 0.3) is 0 Å². The number of hydrogen-bond acceptors (Lipinski definition) is 3. The standard InChI is InChI=1S/C16H31N3/c1-2-9-18-10-4-6-15(7-11-18)19-12-14-5-3-8-17-16(14)13-19/h14-17H,2-13H2,1H3/t14-,15?,16+/m0/s1. The first-order chi connectivity index (χ1) is 9.36. The smallest absolute Gasteiger partial charge is 0.0235 e. The Bertz CT molecular complexity index is 267. The van der Waals surface area contributed by atoms with Gasteiger partial charge < -0.3 is 10.2 Å². The van der Waals surface area contributed by atoms with E-state index in [-0.39, 0.29) is 0 Å². The third kappa shape index (κ3) is 3.32. The Morgan fingerprint density at radius 2 is 2.00 bits per heavy atom. The van der Waals surface area contributed by atoms with Gasteiger partial charge in [-0.1, -0.05) is 6.92 Å². The lowest BCUT2D eigenvalue weighted by Crippen LogP contribution is -2.41. The molecule has 3 fully saturated rings. The first-order valence-corrected chi connectivity index (χ1v) is 8.56. The van der Waals surface area contributed by atoms with Crippen molar-refractivity contribution in [3.63, 3.8) is 0 Å². The van der Waals surface area contributed by atoms with Gasteiger partial charge in [0, 0.05) is 25.2 Å². The van der Waals surface area contributed by atoms with Crippen LogP contribution in [0.5, 0.6) is 0 Å². The Morgan fingerprint density at radius 3 is 2.84 bits per heavy atom.